The predicted molar refractivity (Wildman–Crippen MR) is 494 cm³/mol. The van der Waals surface area contributed by atoms with Crippen LogP contribution in [-0.4, -0.2) is 98.0 Å². The zero-order valence-electron chi connectivity index (χ0n) is 68.5. The number of nitrogens with one attached hydrogen (secondary N) is 3. The van der Waals surface area contributed by atoms with Crippen molar-refractivity contribution in [1.82, 2.24) is 4.98 Å². The fourth-order valence-electron chi connectivity index (χ4n) is 12.9. The summed E-state index contributed by atoms with van der Waals surface area (Å²) in [7, 11) is -7.32. The first-order valence-corrected chi connectivity index (χ1v) is 41.5. The number of hydrogen-bond acceptors (Lipinski definition) is 25. The average molecular weight is 1790 g/mol. The Morgan fingerprint density at radius 1 is 0.405 bits per heavy atom. The number of rotatable bonds is 22. The maximum atomic E-state index is 13.1. The second-order valence-electron chi connectivity index (χ2n) is 28.0. The molecule has 16 aromatic rings. The van der Waals surface area contributed by atoms with E-state index in [0.717, 1.165) is 5.56 Å². The van der Waals surface area contributed by atoms with Gasteiger partial charge < -0.3 is 53.0 Å². The number of aryl methyl sites for hydroxylation is 1. The molecule has 13 N–H and O–H groups in total. The van der Waals surface area contributed by atoms with Crippen molar-refractivity contribution in [3.8, 4) is 23.0 Å². The third-order valence-corrected chi connectivity index (χ3v) is 19.8. The molecule has 0 saturated carbocycles. The number of aromatic carboxylic acids is 1. The van der Waals surface area contributed by atoms with Gasteiger partial charge in [-0.3, -0.25) is 38.2 Å². The summed E-state index contributed by atoms with van der Waals surface area (Å²) >= 11 is 0. The minimum atomic E-state index is -4.21. The molecule has 33 nitrogen and oxygen atoms in total. The summed E-state index contributed by atoms with van der Waals surface area (Å²) in [6.07, 6.45) is 2.10. The molecule has 0 aliphatic carbocycles. The number of carboxylic acids is 1. The van der Waals surface area contributed by atoms with Gasteiger partial charge in [0.05, 0.1) is 39.4 Å². The zero-order chi connectivity index (χ0) is 93.3. The SMILES string of the molecule is Cc1ccccc1N=Nc1c(O)c(C(=O)O)cc2ccccc12.NC(=O)c1ccc2c(N=Nc3ccccc3)c(O)c(C(N)=O)cc2c1.O=C(Nc1ccccc1)c1ccc2c(N=Nc3ccccc3)c(O)c(C(=O)Nc3ccccc3)cc2c1.O=CN(c1ccc(CS(=O)(=O)O)cc1)c1ccccc1N=Nc1c(O)c(C(=O)Nc2ccccn2)cc2ccccc12.O=S(=O)=O. The van der Waals surface area contributed by atoms with E-state index in [-0.39, 0.29) is 85.2 Å². The van der Waals surface area contributed by atoms with E-state index in [4.69, 9.17) is 28.6 Å². The van der Waals surface area contributed by atoms with Gasteiger partial charge in [-0.25, -0.2) is 9.78 Å². The number of carbonyl (C=O) groups is 7. The van der Waals surface area contributed by atoms with E-state index in [1.54, 1.807) is 206 Å². The van der Waals surface area contributed by atoms with Crippen molar-refractivity contribution in [3.05, 3.63) is 372 Å². The Balaban J connectivity index is 0.000000160. The second kappa shape index (κ2) is 43.0. The summed E-state index contributed by atoms with van der Waals surface area (Å²) in [5.41, 5.74) is 16.8. The Hall–Kier alpha value is -18.1. The van der Waals surface area contributed by atoms with Gasteiger partial charge in [0.1, 0.15) is 45.6 Å². The van der Waals surface area contributed by atoms with Crippen molar-refractivity contribution >= 4 is 180 Å². The van der Waals surface area contributed by atoms with Gasteiger partial charge in [-0.05, 0) is 179 Å². The summed E-state index contributed by atoms with van der Waals surface area (Å²) in [5.74, 6) is -5.72. The van der Waals surface area contributed by atoms with Gasteiger partial charge in [-0.15, -0.1) is 38.2 Å². The highest BCUT2D eigenvalue weighted by molar-refractivity contribution is 7.85. The fraction of sp³-hybridized carbons (Fsp3) is 0.0208. The van der Waals surface area contributed by atoms with Crippen LogP contribution >= 0.6 is 0 Å². The van der Waals surface area contributed by atoms with Gasteiger partial charge in [0.2, 0.25) is 12.3 Å². The quantitative estimate of drug-likeness (QED) is 0.0170. The third-order valence-electron chi connectivity index (χ3n) is 19.1. The van der Waals surface area contributed by atoms with Crippen LogP contribution in [0, 0.1) is 6.92 Å². The number of primary amides is 2. The monoisotopic (exact) mass is 1790 g/mol. The number of nitrogens with two attached hydrogens (primary N) is 2. The molecule has 0 radical (unpaired) electrons. The van der Waals surface area contributed by atoms with Crippen LogP contribution in [0.3, 0.4) is 0 Å². The van der Waals surface area contributed by atoms with E-state index in [0.29, 0.717) is 106 Å². The number of phenolic OH excluding ortho intramolecular Hbond substituents is 2. The molecule has 0 aliphatic rings. The minimum absolute atomic E-state index is 0.0129. The number of aromatic hydroxyl groups is 4. The molecule has 0 fully saturated rings. The molecular formula is C96H73N15O18S2. The van der Waals surface area contributed by atoms with Gasteiger partial charge in [0.25, 0.3) is 33.7 Å². The number of carbonyl (C=O) groups excluding carboxylic acids is 6. The molecule has 35 heteroatoms. The van der Waals surface area contributed by atoms with E-state index in [1.165, 1.54) is 59.6 Å². The number of nitrogens with zero attached hydrogens (tertiary/aromatic N) is 10. The van der Waals surface area contributed by atoms with E-state index < -0.39 is 56.1 Å². The number of fused-ring (bicyclic) bond motifs is 4. The molecule has 1 heterocycles. The molecule has 16 rings (SSSR count). The molecule has 0 saturated heterocycles. The molecule has 131 heavy (non-hydrogen) atoms. The van der Waals surface area contributed by atoms with Gasteiger partial charge in [0.15, 0.2) is 23.0 Å². The Kier molecular flexibility index (Phi) is 30.2. The number of anilines is 5. The first-order chi connectivity index (χ1) is 63.1. The Morgan fingerprint density at radius 3 is 1.29 bits per heavy atom. The average Bonchev–Trinajstić information content (AvgIpc) is 0.779. The first kappa shape index (κ1) is 92.1. The number of carboxylic acid groups (broad SMARTS) is 1. The number of amides is 6. The molecule has 0 unspecified atom stereocenters. The second-order valence-corrected chi connectivity index (χ2v) is 29.8. The third kappa shape index (κ3) is 24.1. The highest BCUT2D eigenvalue weighted by Crippen LogP contribution is 2.45. The minimum Gasteiger partial charge on any atom is -0.505 e. The molecule has 0 aliphatic heterocycles. The largest absolute Gasteiger partial charge is 0.505 e. The fourth-order valence-corrected chi connectivity index (χ4v) is 13.5. The number of aromatic nitrogens is 1. The van der Waals surface area contributed by atoms with Gasteiger partial charge in [-0.1, -0.05) is 182 Å². The lowest BCUT2D eigenvalue weighted by atomic mass is 10.0. The van der Waals surface area contributed by atoms with Gasteiger partial charge in [-0.2, -0.15) is 23.8 Å². The van der Waals surface area contributed by atoms with Crippen molar-refractivity contribution in [3.63, 3.8) is 0 Å². The lowest BCUT2D eigenvalue weighted by Gasteiger charge is -2.19. The number of para-hydroxylation sites is 3. The maximum Gasteiger partial charge on any atom is 0.425 e. The number of phenols is 4. The number of azo groups is 4. The number of hydrogen-bond donors (Lipinski definition) is 11. The smallest absolute Gasteiger partial charge is 0.425 e. The van der Waals surface area contributed by atoms with Gasteiger partial charge >= 0.3 is 16.6 Å². The highest BCUT2D eigenvalue weighted by atomic mass is 32.2. The van der Waals surface area contributed by atoms with Crippen LogP contribution in [0.5, 0.6) is 23.0 Å². The van der Waals surface area contributed by atoms with Crippen LogP contribution in [0.1, 0.15) is 73.3 Å². The zero-order valence-corrected chi connectivity index (χ0v) is 70.1. The normalized spacial score (nSPS) is 11.0. The van der Waals surface area contributed by atoms with Crippen molar-refractivity contribution in [2.24, 2.45) is 52.4 Å². The molecule has 6 amide bonds. The molecule has 0 spiro atoms. The standard InChI is InChI=1S/C30H23N5O6S.C30H22N4O3.C18H14N4O3.C18H14N2O3.O3S/c36-19-35(22-14-12-20(13-15-22)18-42(39,40)41)26-10-4-3-9-25(26)33-34-28-23-8-2-1-7-21(23)17-24(29(28)37)30(38)32-27-11-5-6-16-31-27;35-28-26(30(37)32-23-12-6-2-7-13-23)19-21-18-20(29(36)31-22-10-4-1-5-11-22)16-17-25(21)27(28)34-33-24-14-8-3-9-15-24;19-17(24)10-6-7-13-11(8-10)9-14(18(20)25)16(23)15(13)22-21-12-4-2-1-3-5-12;1-11-6-2-5-9-15(11)19-20-16-13-8-4-3-7-12(13)10-14(17(16)21)18(22)23;1-4(2)3/h1-17,19,37H,18H2,(H,31,32,38)(H,39,40,41);1-19,35H,(H,31,36)(H,32,37);1-9,23H,(H2,19,24)(H2,20,25);2-10,21H,1H3,(H,22,23);. The van der Waals surface area contributed by atoms with Crippen LogP contribution in [0.25, 0.3) is 43.1 Å². The Labute approximate surface area is 746 Å². The van der Waals surface area contributed by atoms with Crippen molar-refractivity contribution in [2.75, 3.05) is 20.9 Å². The van der Waals surface area contributed by atoms with Crippen molar-refractivity contribution in [2.45, 2.75) is 12.7 Å². The highest BCUT2D eigenvalue weighted by Gasteiger charge is 2.25. The summed E-state index contributed by atoms with van der Waals surface area (Å²) in [6.45, 7) is 1.90. The Morgan fingerprint density at radius 2 is 0.802 bits per heavy atom. The van der Waals surface area contributed by atoms with Crippen LogP contribution in [0.15, 0.2) is 369 Å². The number of pyridine rings is 1. The first-order valence-electron chi connectivity index (χ1n) is 38.9. The summed E-state index contributed by atoms with van der Waals surface area (Å²) in [6, 6.07) is 91.0. The molecule has 0 atom stereocenters. The molecule has 652 valence electrons. The molecule has 0 bridgehead atoms. The van der Waals surface area contributed by atoms with E-state index >= 15 is 0 Å². The van der Waals surface area contributed by atoms with E-state index in [9.17, 15) is 67.5 Å². The van der Waals surface area contributed by atoms with Gasteiger partial charge in [0, 0.05) is 55.9 Å². The maximum absolute atomic E-state index is 13.1. The molecular weight excluding hydrogens is 1720 g/mol. The number of benzene rings is 15. The summed E-state index contributed by atoms with van der Waals surface area (Å²) in [5, 5.41) is 98.7. The predicted octanol–water partition coefficient (Wildman–Crippen LogP) is 20.9. The lowest BCUT2D eigenvalue weighted by molar-refractivity contribution is -0.106. The van der Waals surface area contributed by atoms with Crippen LogP contribution in [0.4, 0.5) is 74.1 Å². The van der Waals surface area contributed by atoms with E-state index in [2.05, 4.69) is 61.8 Å². The summed E-state index contributed by atoms with van der Waals surface area (Å²) in [4.78, 5) is 91.0. The van der Waals surface area contributed by atoms with Crippen molar-refractivity contribution in [1.29, 1.82) is 0 Å². The lowest BCUT2D eigenvalue weighted by Crippen LogP contribution is -2.14. The van der Waals surface area contributed by atoms with Crippen molar-refractivity contribution < 1.29 is 84.7 Å². The summed E-state index contributed by atoms with van der Waals surface area (Å²) < 4.78 is 56.8. The van der Waals surface area contributed by atoms with E-state index in [1.807, 2.05) is 73.7 Å². The van der Waals surface area contributed by atoms with Crippen LogP contribution in [0.2, 0.25) is 0 Å². The Bertz CT molecular complexity index is 7400. The van der Waals surface area contributed by atoms with Crippen LogP contribution in [-0.2, 0) is 31.3 Å². The molecule has 1 aromatic heterocycles. The topological polar surface area (TPSA) is 529 Å². The molecule has 15 aromatic carbocycles. The van der Waals surface area contributed by atoms with Crippen LogP contribution < -0.4 is 32.3 Å².